The number of nitrogens with zero attached hydrogens (tertiary/aromatic N) is 1. The molecule has 0 amide bonds. The average Bonchev–Trinajstić information content (AvgIpc) is 2.84. The van der Waals surface area contributed by atoms with Gasteiger partial charge in [-0.15, -0.1) is 0 Å². The lowest BCUT2D eigenvalue weighted by Gasteiger charge is -1.98. The molecule has 1 aromatic carbocycles. The number of carbonyl (C=O) groups excluding carboxylic acids is 1. The Bertz CT molecular complexity index is 763. The number of hydrogen-bond donors (Lipinski definition) is 1. The minimum atomic E-state index is 0.583. The minimum absolute atomic E-state index is 0.583. The van der Waals surface area contributed by atoms with Crippen molar-refractivity contribution in [2.24, 2.45) is 0 Å². The predicted molar refractivity (Wildman–Crippen MR) is 76.7 cm³/mol. The van der Waals surface area contributed by atoms with Crippen molar-refractivity contribution in [3.05, 3.63) is 52.8 Å². The molecule has 0 aliphatic rings. The number of hydrogen-bond acceptors (Lipinski definition) is 2. The Morgan fingerprint density at radius 2 is 1.95 bits per heavy atom. The van der Waals surface area contributed by atoms with Crippen LogP contribution in [0.15, 0.2) is 36.7 Å². The Balaban J connectivity index is 2.42. The van der Waals surface area contributed by atoms with E-state index in [1.807, 2.05) is 31.2 Å². The van der Waals surface area contributed by atoms with Crippen LogP contribution in [0, 0.1) is 6.92 Å². The number of aromatic amines is 1. The van der Waals surface area contributed by atoms with Gasteiger partial charge in [-0.25, -0.2) is 0 Å². The molecule has 94 valence electrons. The molecule has 3 nitrogen and oxygen atoms in total. The first-order valence-electron chi connectivity index (χ1n) is 5.88. The fraction of sp³-hybridized carbons (Fsp3) is 0.0667. The molecular weight excluding hydrogens is 260 g/mol. The largest absolute Gasteiger partial charge is 0.354 e. The van der Waals surface area contributed by atoms with Gasteiger partial charge in [0.05, 0.1) is 16.2 Å². The zero-order valence-corrected chi connectivity index (χ0v) is 11.0. The van der Waals surface area contributed by atoms with Gasteiger partial charge < -0.3 is 4.98 Å². The number of rotatable bonds is 2. The molecule has 4 heteroatoms. The quantitative estimate of drug-likeness (QED) is 0.715. The van der Waals surface area contributed by atoms with Crippen LogP contribution in [0.1, 0.15) is 15.9 Å². The highest BCUT2D eigenvalue weighted by molar-refractivity contribution is 6.37. The lowest BCUT2D eigenvalue weighted by molar-refractivity contribution is 0.112. The summed E-state index contributed by atoms with van der Waals surface area (Å²) in [5, 5.41) is 1.36. The molecule has 0 atom stereocenters. The average molecular weight is 271 g/mol. The van der Waals surface area contributed by atoms with Crippen molar-refractivity contribution in [1.29, 1.82) is 0 Å². The predicted octanol–water partition coefficient (Wildman–Crippen LogP) is 4.00. The number of aromatic nitrogens is 2. The molecule has 3 rings (SSSR count). The summed E-state index contributed by atoms with van der Waals surface area (Å²) in [6.07, 6.45) is 4.24. The van der Waals surface area contributed by atoms with E-state index in [0.717, 1.165) is 34.0 Å². The van der Waals surface area contributed by atoms with Crippen LogP contribution in [0.2, 0.25) is 5.02 Å². The zero-order chi connectivity index (χ0) is 13.4. The lowest BCUT2D eigenvalue weighted by Crippen LogP contribution is -1.84. The molecule has 0 fully saturated rings. The first-order chi connectivity index (χ1) is 9.22. The van der Waals surface area contributed by atoms with Gasteiger partial charge in [-0.1, -0.05) is 17.7 Å². The SMILES string of the molecule is Cc1ccc(Cl)c2c(C=O)c(-c3ccncc3)[nH]c12. The van der Waals surface area contributed by atoms with Gasteiger partial charge in [0.2, 0.25) is 0 Å². The summed E-state index contributed by atoms with van der Waals surface area (Å²) in [6.45, 7) is 1.99. The van der Waals surface area contributed by atoms with Crippen molar-refractivity contribution in [3.8, 4) is 11.3 Å². The third-order valence-electron chi connectivity index (χ3n) is 3.24. The molecule has 1 N–H and O–H groups in total. The van der Waals surface area contributed by atoms with Gasteiger partial charge in [0.15, 0.2) is 6.29 Å². The topological polar surface area (TPSA) is 45.8 Å². The molecule has 19 heavy (non-hydrogen) atoms. The summed E-state index contributed by atoms with van der Waals surface area (Å²) < 4.78 is 0. The molecule has 0 aliphatic carbocycles. The molecule has 0 spiro atoms. The van der Waals surface area contributed by atoms with Crippen molar-refractivity contribution >= 4 is 28.8 Å². The van der Waals surface area contributed by atoms with Crippen LogP contribution < -0.4 is 0 Å². The minimum Gasteiger partial charge on any atom is -0.354 e. The number of halogens is 1. The van der Waals surface area contributed by atoms with Gasteiger partial charge >= 0.3 is 0 Å². The van der Waals surface area contributed by atoms with Gasteiger partial charge in [0, 0.05) is 28.9 Å². The van der Waals surface area contributed by atoms with E-state index in [2.05, 4.69) is 9.97 Å². The summed E-state index contributed by atoms with van der Waals surface area (Å²) in [6, 6.07) is 7.48. The Hall–Kier alpha value is -2.13. The number of H-pyrrole nitrogens is 1. The normalized spacial score (nSPS) is 10.8. The van der Waals surface area contributed by atoms with Crippen LogP contribution in [-0.2, 0) is 0 Å². The molecule has 2 heterocycles. The van der Waals surface area contributed by atoms with E-state index in [1.165, 1.54) is 0 Å². The monoisotopic (exact) mass is 270 g/mol. The maximum absolute atomic E-state index is 11.4. The van der Waals surface area contributed by atoms with Crippen molar-refractivity contribution in [2.45, 2.75) is 6.92 Å². The van der Waals surface area contributed by atoms with Crippen LogP contribution in [0.4, 0.5) is 0 Å². The molecule has 0 radical (unpaired) electrons. The second-order valence-electron chi connectivity index (χ2n) is 4.38. The lowest BCUT2D eigenvalue weighted by atomic mass is 10.1. The molecule has 2 aromatic heterocycles. The first-order valence-corrected chi connectivity index (χ1v) is 6.26. The number of carbonyl (C=O) groups is 1. The first kappa shape index (κ1) is 11.9. The number of pyridine rings is 1. The maximum atomic E-state index is 11.4. The summed E-state index contributed by atoms with van der Waals surface area (Å²) in [5.41, 5.74) is 4.26. The van der Waals surface area contributed by atoms with E-state index >= 15 is 0 Å². The fourth-order valence-corrected chi connectivity index (χ4v) is 2.55. The summed E-state index contributed by atoms with van der Waals surface area (Å²) >= 11 is 6.22. The van der Waals surface area contributed by atoms with Crippen molar-refractivity contribution in [2.75, 3.05) is 0 Å². The Morgan fingerprint density at radius 1 is 1.21 bits per heavy atom. The van der Waals surface area contributed by atoms with E-state index in [4.69, 9.17) is 11.6 Å². The van der Waals surface area contributed by atoms with E-state index in [-0.39, 0.29) is 0 Å². The van der Waals surface area contributed by atoms with Crippen molar-refractivity contribution in [3.63, 3.8) is 0 Å². The molecule has 0 bridgehead atoms. The summed E-state index contributed by atoms with van der Waals surface area (Å²) in [5.74, 6) is 0. The molecule has 0 saturated carbocycles. The molecule has 3 aromatic rings. The fourth-order valence-electron chi connectivity index (χ4n) is 2.29. The summed E-state index contributed by atoms with van der Waals surface area (Å²) in [7, 11) is 0. The van der Waals surface area contributed by atoms with E-state index in [9.17, 15) is 4.79 Å². The maximum Gasteiger partial charge on any atom is 0.152 e. The number of benzene rings is 1. The van der Waals surface area contributed by atoms with E-state index < -0.39 is 0 Å². The number of nitrogens with one attached hydrogen (secondary N) is 1. The van der Waals surface area contributed by atoms with Crippen LogP contribution in [0.25, 0.3) is 22.2 Å². The van der Waals surface area contributed by atoms with Crippen molar-refractivity contribution in [1.82, 2.24) is 9.97 Å². The third kappa shape index (κ3) is 1.83. The Morgan fingerprint density at radius 3 is 2.63 bits per heavy atom. The summed E-state index contributed by atoms with van der Waals surface area (Å²) in [4.78, 5) is 18.7. The second kappa shape index (κ2) is 4.52. The number of aldehydes is 1. The third-order valence-corrected chi connectivity index (χ3v) is 3.55. The van der Waals surface area contributed by atoms with Crippen LogP contribution in [-0.4, -0.2) is 16.3 Å². The van der Waals surface area contributed by atoms with Gasteiger partial charge in [-0.2, -0.15) is 0 Å². The Kier molecular flexibility index (Phi) is 2.84. The molecular formula is C15H11ClN2O. The van der Waals surface area contributed by atoms with E-state index in [0.29, 0.717) is 10.6 Å². The van der Waals surface area contributed by atoms with Crippen molar-refractivity contribution < 1.29 is 4.79 Å². The number of fused-ring (bicyclic) bond motifs is 1. The Labute approximate surface area is 115 Å². The highest BCUT2D eigenvalue weighted by atomic mass is 35.5. The van der Waals surface area contributed by atoms with Gasteiger partial charge in [0.25, 0.3) is 0 Å². The van der Waals surface area contributed by atoms with Gasteiger partial charge in [-0.05, 0) is 30.7 Å². The van der Waals surface area contributed by atoms with Crippen LogP contribution in [0.5, 0.6) is 0 Å². The molecule has 0 saturated heterocycles. The van der Waals surface area contributed by atoms with Gasteiger partial charge in [0.1, 0.15) is 0 Å². The molecule has 0 unspecified atom stereocenters. The highest BCUT2D eigenvalue weighted by Gasteiger charge is 2.16. The number of aryl methyl sites for hydroxylation is 1. The zero-order valence-electron chi connectivity index (χ0n) is 10.3. The van der Waals surface area contributed by atoms with E-state index in [1.54, 1.807) is 12.4 Å². The smallest absolute Gasteiger partial charge is 0.152 e. The van der Waals surface area contributed by atoms with Crippen LogP contribution in [0.3, 0.4) is 0 Å². The standard InChI is InChI=1S/C15H11ClN2O/c1-9-2-3-12(16)13-11(8-19)15(18-14(9)13)10-4-6-17-7-5-10/h2-8,18H,1H3. The second-order valence-corrected chi connectivity index (χ2v) is 4.79. The molecule has 0 aliphatic heterocycles. The van der Waals surface area contributed by atoms with Crippen LogP contribution >= 0.6 is 11.6 Å². The highest BCUT2D eigenvalue weighted by Crippen LogP contribution is 2.34. The van der Waals surface area contributed by atoms with Gasteiger partial charge in [-0.3, -0.25) is 9.78 Å².